The van der Waals surface area contributed by atoms with Crippen molar-refractivity contribution in [2.45, 2.75) is 13.0 Å². The van der Waals surface area contributed by atoms with E-state index < -0.39 is 0 Å². The molecular weight excluding hydrogens is 352 g/mol. The minimum atomic E-state index is 0.708. The molecule has 2 aromatic rings. The van der Waals surface area contributed by atoms with Crippen molar-refractivity contribution in [3.63, 3.8) is 0 Å². The molecular formula is C21H30N6O. The van der Waals surface area contributed by atoms with E-state index in [2.05, 4.69) is 49.5 Å². The van der Waals surface area contributed by atoms with E-state index in [9.17, 15) is 0 Å². The summed E-state index contributed by atoms with van der Waals surface area (Å²) in [6.45, 7) is 7.95. The molecule has 1 aromatic heterocycles. The third kappa shape index (κ3) is 4.72. The van der Waals surface area contributed by atoms with Gasteiger partial charge >= 0.3 is 0 Å². The largest absolute Gasteiger partial charge is 0.379 e. The third-order valence-corrected chi connectivity index (χ3v) is 5.55. The Morgan fingerprint density at radius 1 is 1.25 bits per heavy atom. The second-order valence-electron chi connectivity index (χ2n) is 7.53. The summed E-state index contributed by atoms with van der Waals surface area (Å²) in [5.41, 5.74) is 2.30. The standard InChI is InChI=1S/C21H30N6O/c1-22-21(26-9-6-19(17-26)16-25-10-12-28-13-11-25)23-15-18-4-2-5-20(14-18)27-8-3-7-24-27/h2-5,7-8,14,19H,6,9-13,15-17H2,1H3,(H,22,23). The summed E-state index contributed by atoms with van der Waals surface area (Å²) in [4.78, 5) is 9.45. The van der Waals surface area contributed by atoms with E-state index in [1.807, 2.05) is 24.0 Å². The summed E-state index contributed by atoms with van der Waals surface area (Å²) in [7, 11) is 1.87. The molecule has 3 heterocycles. The van der Waals surface area contributed by atoms with Crippen LogP contribution in [0.4, 0.5) is 0 Å². The van der Waals surface area contributed by atoms with E-state index in [1.54, 1.807) is 6.20 Å². The summed E-state index contributed by atoms with van der Waals surface area (Å²) in [6, 6.07) is 10.4. The highest BCUT2D eigenvalue weighted by atomic mass is 16.5. The fraction of sp³-hybridized carbons (Fsp3) is 0.524. The monoisotopic (exact) mass is 382 g/mol. The van der Waals surface area contributed by atoms with Gasteiger partial charge in [-0.3, -0.25) is 9.89 Å². The van der Waals surface area contributed by atoms with E-state index in [1.165, 1.54) is 18.5 Å². The van der Waals surface area contributed by atoms with E-state index in [0.29, 0.717) is 5.92 Å². The van der Waals surface area contributed by atoms with Crippen LogP contribution in [0.15, 0.2) is 47.7 Å². The number of hydrogen-bond acceptors (Lipinski definition) is 4. The Hall–Kier alpha value is -2.38. The topological polar surface area (TPSA) is 57.9 Å². The molecule has 7 heteroatoms. The molecule has 0 bridgehead atoms. The van der Waals surface area contributed by atoms with Crippen LogP contribution in [-0.4, -0.2) is 78.5 Å². The van der Waals surface area contributed by atoms with Gasteiger partial charge < -0.3 is 15.0 Å². The number of ether oxygens (including phenoxy) is 1. The van der Waals surface area contributed by atoms with Crippen molar-refractivity contribution < 1.29 is 4.74 Å². The van der Waals surface area contributed by atoms with Crippen LogP contribution in [0.2, 0.25) is 0 Å². The predicted molar refractivity (Wildman–Crippen MR) is 111 cm³/mol. The number of nitrogens with zero attached hydrogens (tertiary/aromatic N) is 5. The van der Waals surface area contributed by atoms with Gasteiger partial charge in [0.05, 0.1) is 18.9 Å². The number of guanidine groups is 1. The number of aromatic nitrogens is 2. The average molecular weight is 383 g/mol. The minimum Gasteiger partial charge on any atom is -0.379 e. The first-order chi connectivity index (χ1) is 13.8. The zero-order valence-corrected chi connectivity index (χ0v) is 16.6. The lowest BCUT2D eigenvalue weighted by molar-refractivity contribution is 0.0315. The number of aliphatic imine (C=N–C) groups is 1. The van der Waals surface area contributed by atoms with Crippen molar-refractivity contribution in [2.75, 3.05) is 53.0 Å². The van der Waals surface area contributed by atoms with E-state index >= 15 is 0 Å². The number of rotatable bonds is 5. The van der Waals surface area contributed by atoms with Crippen molar-refractivity contribution in [1.29, 1.82) is 0 Å². The van der Waals surface area contributed by atoms with Crippen LogP contribution >= 0.6 is 0 Å². The first-order valence-corrected chi connectivity index (χ1v) is 10.2. The van der Waals surface area contributed by atoms with Crippen molar-refractivity contribution in [3.05, 3.63) is 48.3 Å². The second-order valence-corrected chi connectivity index (χ2v) is 7.53. The maximum Gasteiger partial charge on any atom is 0.193 e. The molecule has 2 fully saturated rings. The van der Waals surface area contributed by atoms with Gasteiger partial charge in [0.15, 0.2) is 5.96 Å². The number of benzene rings is 1. The lowest BCUT2D eigenvalue weighted by Gasteiger charge is -2.29. The summed E-state index contributed by atoms with van der Waals surface area (Å²) >= 11 is 0. The molecule has 1 atom stereocenters. The van der Waals surface area contributed by atoms with Crippen LogP contribution in [0, 0.1) is 5.92 Å². The predicted octanol–water partition coefficient (Wildman–Crippen LogP) is 1.60. The van der Waals surface area contributed by atoms with Crippen LogP contribution in [-0.2, 0) is 11.3 Å². The Morgan fingerprint density at radius 3 is 2.93 bits per heavy atom. The van der Waals surface area contributed by atoms with Crippen LogP contribution in [0.3, 0.4) is 0 Å². The Balaban J connectivity index is 1.30. The maximum absolute atomic E-state index is 5.46. The van der Waals surface area contributed by atoms with Gasteiger partial charge in [-0.1, -0.05) is 12.1 Å². The molecule has 2 aliphatic heterocycles. The molecule has 2 aliphatic rings. The van der Waals surface area contributed by atoms with Crippen LogP contribution in [0.25, 0.3) is 5.69 Å². The van der Waals surface area contributed by atoms with Gasteiger partial charge in [-0.2, -0.15) is 5.10 Å². The van der Waals surface area contributed by atoms with Gasteiger partial charge in [-0.05, 0) is 36.1 Å². The summed E-state index contributed by atoms with van der Waals surface area (Å²) in [5, 5.41) is 7.85. The number of nitrogens with one attached hydrogen (secondary N) is 1. The van der Waals surface area contributed by atoms with E-state index in [-0.39, 0.29) is 0 Å². The molecule has 0 amide bonds. The summed E-state index contributed by atoms with van der Waals surface area (Å²) in [6.07, 6.45) is 4.99. The number of morpholine rings is 1. The maximum atomic E-state index is 5.46. The zero-order chi connectivity index (χ0) is 19.2. The highest BCUT2D eigenvalue weighted by molar-refractivity contribution is 5.80. The van der Waals surface area contributed by atoms with Gasteiger partial charge in [0.25, 0.3) is 0 Å². The molecule has 7 nitrogen and oxygen atoms in total. The SMILES string of the molecule is CN=C(NCc1cccc(-n2cccn2)c1)N1CCC(CN2CCOCC2)C1. The lowest BCUT2D eigenvalue weighted by Crippen LogP contribution is -2.42. The summed E-state index contributed by atoms with van der Waals surface area (Å²) < 4.78 is 7.34. The molecule has 1 aromatic carbocycles. The smallest absolute Gasteiger partial charge is 0.193 e. The van der Waals surface area contributed by atoms with Gasteiger partial charge in [-0.15, -0.1) is 0 Å². The third-order valence-electron chi connectivity index (χ3n) is 5.55. The van der Waals surface area contributed by atoms with E-state index in [0.717, 1.165) is 57.6 Å². The average Bonchev–Trinajstić information content (AvgIpc) is 3.42. The normalized spacial score (nSPS) is 21.2. The quantitative estimate of drug-likeness (QED) is 0.629. The Kier molecular flexibility index (Phi) is 6.24. The van der Waals surface area contributed by atoms with Gasteiger partial charge in [-0.25, -0.2) is 4.68 Å². The Bertz CT molecular complexity index is 769. The van der Waals surface area contributed by atoms with Gasteiger partial charge in [0, 0.05) is 58.7 Å². The summed E-state index contributed by atoms with van der Waals surface area (Å²) in [5.74, 6) is 1.70. The van der Waals surface area contributed by atoms with Gasteiger partial charge in [0.1, 0.15) is 0 Å². The molecule has 2 saturated heterocycles. The lowest BCUT2D eigenvalue weighted by atomic mass is 10.1. The van der Waals surface area contributed by atoms with Crippen LogP contribution in [0.1, 0.15) is 12.0 Å². The van der Waals surface area contributed by atoms with E-state index in [4.69, 9.17) is 4.74 Å². The Morgan fingerprint density at radius 2 is 2.14 bits per heavy atom. The fourth-order valence-electron chi connectivity index (χ4n) is 4.07. The molecule has 0 spiro atoms. The molecule has 0 aliphatic carbocycles. The van der Waals surface area contributed by atoms with Crippen molar-refractivity contribution in [3.8, 4) is 5.69 Å². The molecule has 28 heavy (non-hydrogen) atoms. The molecule has 4 rings (SSSR count). The minimum absolute atomic E-state index is 0.708. The molecule has 0 saturated carbocycles. The number of likely N-dealkylation sites (tertiary alicyclic amines) is 1. The number of hydrogen-bond donors (Lipinski definition) is 1. The first-order valence-electron chi connectivity index (χ1n) is 10.2. The highest BCUT2D eigenvalue weighted by Gasteiger charge is 2.27. The zero-order valence-electron chi connectivity index (χ0n) is 16.6. The van der Waals surface area contributed by atoms with Crippen LogP contribution < -0.4 is 5.32 Å². The highest BCUT2D eigenvalue weighted by Crippen LogP contribution is 2.18. The Labute approximate surface area is 167 Å². The fourth-order valence-corrected chi connectivity index (χ4v) is 4.07. The second kappa shape index (κ2) is 9.21. The molecule has 1 N–H and O–H groups in total. The first kappa shape index (κ1) is 19.0. The molecule has 150 valence electrons. The van der Waals surface area contributed by atoms with Crippen molar-refractivity contribution in [1.82, 2.24) is 24.9 Å². The van der Waals surface area contributed by atoms with Crippen molar-refractivity contribution >= 4 is 5.96 Å². The van der Waals surface area contributed by atoms with Crippen LogP contribution in [0.5, 0.6) is 0 Å². The van der Waals surface area contributed by atoms with Gasteiger partial charge in [0.2, 0.25) is 0 Å². The molecule has 0 radical (unpaired) electrons. The molecule has 1 unspecified atom stereocenters. The van der Waals surface area contributed by atoms with Crippen molar-refractivity contribution in [2.24, 2.45) is 10.9 Å².